The number of nitrogens with one attached hydrogen (secondary N) is 1. The zero-order valence-corrected chi connectivity index (χ0v) is 10.6. The molecule has 0 bridgehead atoms. The van der Waals surface area contributed by atoms with Gasteiger partial charge < -0.3 is 10.1 Å². The highest BCUT2D eigenvalue weighted by molar-refractivity contribution is 5.72. The number of carbonyl (C=O) groups is 1. The summed E-state index contributed by atoms with van der Waals surface area (Å²) < 4.78 is 6.78. The van der Waals surface area contributed by atoms with E-state index in [1.165, 1.54) is 0 Å². The molecule has 0 saturated carbocycles. The smallest absolute Gasteiger partial charge is 0.320 e. The van der Waals surface area contributed by atoms with Gasteiger partial charge in [0.1, 0.15) is 5.60 Å². The molecule has 0 saturated heterocycles. The molecule has 0 atom stereocenters. The van der Waals surface area contributed by atoms with E-state index in [1.54, 1.807) is 17.1 Å². The van der Waals surface area contributed by atoms with Gasteiger partial charge in [-0.25, -0.2) is 4.68 Å². The molecule has 0 spiro atoms. The minimum Gasteiger partial charge on any atom is -0.459 e. The van der Waals surface area contributed by atoms with Crippen molar-refractivity contribution in [2.24, 2.45) is 0 Å². The zero-order chi connectivity index (χ0) is 12.9. The summed E-state index contributed by atoms with van der Waals surface area (Å²) in [5.74, 6) is -0.256. The van der Waals surface area contributed by atoms with Crippen LogP contribution in [0.1, 0.15) is 26.3 Å². The van der Waals surface area contributed by atoms with Crippen molar-refractivity contribution in [3.8, 4) is 0 Å². The van der Waals surface area contributed by atoms with E-state index < -0.39 is 5.60 Å². The third-order valence-electron chi connectivity index (χ3n) is 1.86. The third kappa shape index (κ3) is 5.31. The lowest BCUT2D eigenvalue weighted by Gasteiger charge is -2.19. The van der Waals surface area contributed by atoms with E-state index >= 15 is 0 Å². The highest BCUT2D eigenvalue weighted by Gasteiger charge is 2.15. The van der Waals surface area contributed by atoms with Crippen molar-refractivity contribution in [1.29, 1.82) is 0 Å². The van der Waals surface area contributed by atoms with Crippen LogP contribution in [0.4, 0.5) is 0 Å². The molecule has 0 aliphatic heterocycles. The van der Waals surface area contributed by atoms with Crippen LogP contribution in [0.2, 0.25) is 0 Å². The third-order valence-corrected chi connectivity index (χ3v) is 1.86. The maximum atomic E-state index is 11.4. The maximum absolute atomic E-state index is 11.4. The molecule has 5 heteroatoms. The van der Waals surface area contributed by atoms with Crippen LogP contribution in [0.15, 0.2) is 19.0 Å². The second-order valence-electron chi connectivity index (χ2n) is 4.70. The van der Waals surface area contributed by atoms with Gasteiger partial charge in [0.15, 0.2) is 0 Å². The van der Waals surface area contributed by atoms with Gasteiger partial charge in [-0.3, -0.25) is 4.79 Å². The second kappa shape index (κ2) is 5.63. The summed E-state index contributed by atoms with van der Waals surface area (Å²) in [4.78, 5) is 11.4. The van der Waals surface area contributed by atoms with Crippen molar-refractivity contribution in [3.05, 3.63) is 24.5 Å². The molecule has 0 amide bonds. The fraction of sp³-hybridized carbons (Fsp3) is 0.500. The summed E-state index contributed by atoms with van der Waals surface area (Å²) in [5, 5.41) is 7.03. The molecule has 5 nitrogen and oxygen atoms in total. The maximum Gasteiger partial charge on any atom is 0.320 e. The molecular formula is C12H19N3O2. The number of ether oxygens (including phenoxy) is 1. The normalized spacial score (nSPS) is 11.2. The summed E-state index contributed by atoms with van der Waals surface area (Å²) in [7, 11) is 0. The van der Waals surface area contributed by atoms with Crippen LogP contribution in [-0.4, -0.2) is 27.9 Å². The fourth-order valence-corrected chi connectivity index (χ4v) is 1.26. The van der Waals surface area contributed by atoms with Crippen LogP contribution in [-0.2, 0) is 16.1 Å². The number of hydrogen-bond acceptors (Lipinski definition) is 4. The second-order valence-corrected chi connectivity index (χ2v) is 4.70. The number of nitrogens with zero attached hydrogens (tertiary/aromatic N) is 2. The van der Waals surface area contributed by atoms with E-state index in [0.29, 0.717) is 6.54 Å². The monoisotopic (exact) mass is 237 g/mol. The minimum atomic E-state index is -0.438. The van der Waals surface area contributed by atoms with Crippen LogP contribution >= 0.6 is 0 Å². The van der Waals surface area contributed by atoms with E-state index in [9.17, 15) is 4.79 Å². The van der Waals surface area contributed by atoms with Gasteiger partial charge in [-0.2, -0.15) is 5.10 Å². The lowest BCUT2D eigenvalue weighted by Crippen LogP contribution is -2.31. The number of aromatic nitrogens is 2. The first kappa shape index (κ1) is 13.4. The van der Waals surface area contributed by atoms with Gasteiger partial charge in [0, 0.05) is 24.5 Å². The quantitative estimate of drug-likeness (QED) is 0.787. The van der Waals surface area contributed by atoms with Gasteiger partial charge in [0.25, 0.3) is 0 Å². The summed E-state index contributed by atoms with van der Waals surface area (Å²) in [5.41, 5.74) is 0.556. The van der Waals surface area contributed by atoms with Gasteiger partial charge in [-0.05, 0) is 20.8 Å². The Hall–Kier alpha value is -1.62. The lowest BCUT2D eigenvalue weighted by molar-refractivity contribution is -0.153. The molecule has 0 fully saturated rings. The molecule has 0 radical (unpaired) electrons. The molecule has 17 heavy (non-hydrogen) atoms. The molecule has 0 aliphatic carbocycles. The van der Waals surface area contributed by atoms with Gasteiger partial charge in [0.2, 0.25) is 0 Å². The Morgan fingerprint density at radius 2 is 2.35 bits per heavy atom. The number of esters is 1. The predicted molar refractivity (Wildman–Crippen MR) is 66.2 cm³/mol. The fourth-order valence-electron chi connectivity index (χ4n) is 1.26. The van der Waals surface area contributed by atoms with Crippen molar-refractivity contribution >= 4 is 12.2 Å². The summed E-state index contributed by atoms with van der Waals surface area (Å²) in [6.45, 7) is 9.91. The Kier molecular flexibility index (Phi) is 4.45. The summed E-state index contributed by atoms with van der Waals surface area (Å²) in [6, 6.07) is 0. The lowest BCUT2D eigenvalue weighted by atomic mass is 10.2. The number of carbonyl (C=O) groups excluding carboxylic acids is 1. The van der Waals surface area contributed by atoms with Crippen LogP contribution < -0.4 is 5.32 Å². The Morgan fingerprint density at radius 3 is 2.88 bits per heavy atom. The SMILES string of the molecule is C=Cn1cc(CNCC(=O)OC(C)(C)C)cn1. The first-order valence-corrected chi connectivity index (χ1v) is 5.49. The highest BCUT2D eigenvalue weighted by Crippen LogP contribution is 2.06. The molecule has 0 aromatic carbocycles. The van der Waals surface area contributed by atoms with Gasteiger partial charge in [0.05, 0.1) is 12.7 Å². The van der Waals surface area contributed by atoms with Crippen LogP contribution in [0.25, 0.3) is 6.20 Å². The van der Waals surface area contributed by atoms with Crippen molar-refractivity contribution in [2.75, 3.05) is 6.54 Å². The average molecular weight is 237 g/mol. The minimum absolute atomic E-state index is 0.191. The van der Waals surface area contributed by atoms with Crippen molar-refractivity contribution in [1.82, 2.24) is 15.1 Å². The molecular weight excluding hydrogens is 218 g/mol. The standard InChI is InChI=1S/C12H19N3O2/c1-5-15-9-10(7-14-15)6-13-8-11(16)17-12(2,3)4/h5,7,9,13H,1,6,8H2,2-4H3. The van der Waals surface area contributed by atoms with E-state index in [4.69, 9.17) is 4.74 Å². The Labute approximate surface area is 101 Å². The molecule has 0 unspecified atom stereocenters. The van der Waals surface area contributed by atoms with Crippen LogP contribution in [0.3, 0.4) is 0 Å². The van der Waals surface area contributed by atoms with E-state index in [1.807, 2.05) is 27.0 Å². The topological polar surface area (TPSA) is 56.2 Å². The molecule has 0 aliphatic rings. The first-order chi connectivity index (χ1) is 7.90. The Morgan fingerprint density at radius 1 is 1.65 bits per heavy atom. The van der Waals surface area contributed by atoms with Crippen molar-refractivity contribution < 1.29 is 9.53 Å². The van der Waals surface area contributed by atoms with Crippen molar-refractivity contribution in [3.63, 3.8) is 0 Å². The van der Waals surface area contributed by atoms with Crippen LogP contribution in [0, 0.1) is 0 Å². The molecule has 1 rings (SSSR count). The van der Waals surface area contributed by atoms with E-state index in [0.717, 1.165) is 5.56 Å². The number of hydrogen-bond donors (Lipinski definition) is 1. The first-order valence-electron chi connectivity index (χ1n) is 5.49. The molecule has 1 heterocycles. The van der Waals surface area contributed by atoms with Crippen molar-refractivity contribution in [2.45, 2.75) is 32.9 Å². The highest BCUT2D eigenvalue weighted by atomic mass is 16.6. The largest absolute Gasteiger partial charge is 0.459 e. The number of rotatable bonds is 5. The molecule has 1 N–H and O–H groups in total. The average Bonchev–Trinajstić information content (AvgIpc) is 2.63. The van der Waals surface area contributed by atoms with Gasteiger partial charge in [-0.1, -0.05) is 6.58 Å². The summed E-state index contributed by atoms with van der Waals surface area (Å²) >= 11 is 0. The Bertz CT molecular complexity index is 391. The molecule has 1 aromatic rings. The molecule has 94 valence electrons. The predicted octanol–water partition coefficient (Wildman–Crippen LogP) is 1.41. The van der Waals surface area contributed by atoms with Gasteiger partial charge >= 0.3 is 5.97 Å². The van der Waals surface area contributed by atoms with Crippen LogP contribution in [0.5, 0.6) is 0 Å². The zero-order valence-electron chi connectivity index (χ0n) is 10.6. The van der Waals surface area contributed by atoms with E-state index in [2.05, 4.69) is 17.0 Å². The Balaban J connectivity index is 2.28. The summed E-state index contributed by atoms with van der Waals surface area (Å²) in [6.07, 6.45) is 5.18. The van der Waals surface area contributed by atoms with E-state index in [-0.39, 0.29) is 12.5 Å². The molecule has 1 aromatic heterocycles. The van der Waals surface area contributed by atoms with Gasteiger partial charge in [-0.15, -0.1) is 0 Å².